The SMILES string of the molecule is CC1CCN(C(C)c2ccccc2Br)CC1. The Bertz CT molecular complexity index is 342. The zero-order valence-electron chi connectivity index (χ0n) is 10.1. The molecule has 1 aromatic carbocycles. The summed E-state index contributed by atoms with van der Waals surface area (Å²) < 4.78 is 1.24. The molecule has 0 amide bonds. The molecule has 1 heterocycles. The Balaban J connectivity index is 2.07. The van der Waals surface area contributed by atoms with Crippen molar-refractivity contribution in [1.82, 2.24) is 4.90 Å². The predicted octanol–water partition coefficient (Wildman–Crippen LogP) is 4.24. The first-order valence-electron chi connectivity index (χ1n) is 6.17. The molecule has 88 valence electrons. The van der Waals surface area contributed by atoms with Crippen molar-refractivity contribution in [3.8, 4) is 0 Å². The maximum atomic E-state index is 3.65. The molecule has 1 aromatic rings. The number of hydrogen-bond acceptors (Lipinski definition) is 1. The van der Waals surface area contributed by atoms with Gasteiger partial charge in [0.2, 0.25) is 0 Å². The van der Waals surface area contributed by atoms with E-state index in [9.17, 15) is 0 Å². The minimum Gasteiger partial charge on any atom is -0.297 e. The summed E-state index contributed by atoms with van der Waals surface area (Å²) in [5.41, 5.74) is 1.41. The zero-order chi connectivity index (χ0) is 11.5. The van der Waals surface area contributed by atoms with E-state index in [1.165, 1.54) is 36.0 Å². The van der Waals surface area contributed by atoms with E-state index in [1.54, 1.807) is 0 Å². The van der Waals surface area contributed by atoms with Gasteiger partial charge in [0, 0.05) is 10.5 Å². The Morgan fingerprint density at radius 3 is 2.50 bits per heavy atom. The van der Waals surface area contributed by atoms with Gasteiger partial charge in [-0.2, -0.15) is 0 Å². The highest BCUT2D eigenvalue weighted by Crippen LogP contribution is 2.30. The monoisotopic (exact) mass is 281 g/mol. The molecule has 0 N–H and O–H groups in total. The number of hydrogen-bond donors (Lipinski definition) is 0. The molecule has 16 heavy (non-hydrogen) atoms. The van der Waals surface area contributed by atoms with Crippen LogP contribution in [-0.4, -0.2) is 18.0 Å². The molecule has 1 fully saturated rings. The summed E-state index contributed by atoms with van der Waals surface area (Å²) >= 11 is 3.65. The summed E-state index contributed by atoms with van der Waals surface area (Å²) in [5.74, 6) is 0.905. The van der Waals surface area contributed by atoms with Crippen molar-refractivity contribution in [3.63, 3.8) is 0 Å². The van der Waals surface area contributed by atoms with E-state index in [2.05, 4.69) is 58.9 Å². The molecule has 1 aliphatic rings. The Morgan fingerprint density at radius 2 is 1.88 bits per heavy atom. The van der Waals surface area contributed by atoms with Gasteiger partial charge in [-0.3, -0.25) is 4.90 Å². The molecule has 2 rings (SSSR count). The van der Waals surface area contributed by atoms with Gasteiger partial charge in [-0.05, 0) is 50.4 Å². The maximum Gasteiger partial charge on any atom is 0.0331 e. The lowest BCUT2D eigenvalue weighted by atomic mass is 9.96. The summed E-state index contributed by atoms with van der Waals surface area (Å²) in [6.45, 7) is 7.16. The standard InChI is InChI=1S/C14H20BrN/c1-11-7-9-16(10-8-11)12(2)13-5-3-4-6-14(13)15/h3-6,11-12H,7-10H2,1-2H3. The molecule has 0 saturated carbocycles. The summed E-state index contributed by atoms with van der Waals surface area (Å²) in [4.78, 5) is 2.60. The van der Waals surface area contributed by atoms with Crippen LogP contribution in [0.25, 0.3) is 0 Å². The molecule has 0 aromatic heterocycles. The first kappa shape index (κ1) is 12.1. The lowest BCUT2D eigenvalue weighted by Gasteiger charge is -2.35. The van der Waals surface area contributed by atoms with Crippen LogP contribution in [0.4, 0.5) is 0 Å². The van der Waals surface area contributed by atoms with Crippen molar-refractivity contribution in [1.29, 1.82) is 0 Å². The number of halogens is 1. The van der Waals surface area contributed by atoms with E-state index >= 15 is 0 Å². The van der Waals surface area contributed by atoms with Gasteiger partial charge in [0.1, 0.15) is 0 Å². The van der Waals surface area contributed by atoms with Crippen LogP contribution >= 0.6 is 15.9 Å². The van der Waals surface area contributed by atoms with Crippen LogP contribution in [-0.2, 0) is 0 Å². The fraction of sp³-hybridized carbons (Fsp3) is 0.571. The molecule has 1 atom stereocenters. The average molecular weight is 282 g/mol. The minimum absolute atomic E-state index is 0.531. The van der Waals surface area contributed by atoms with E-state index < -0.39 is 0 Å². The number of rotatable bonds is 2. The van der Waals surface area contributed by atoms with Crippen LogP contribution in [0, 0.1) is 5.92 Å². The van der Waals surface area contributed by atoms with Gasteiger partial charge in [0.25, 0.3) is 0 Å². The van der Waals surface area contributed by atoms with Crippen LogP contribution in [0.3, 0.4) is 0 Å². The third kappa shape index (κ3) is 2.67. The largest absolute Gasteiger partial charge is 0.297 e. The van der Waals surface area contributed by atoms with Crippen LogP contribution in [0.1, 0.15) is 38.3 Å². The van der Waals surface area contributed by atoms with Crippen LogP contribution in [0.2, 0.25) is 0 Å². The van der Waals surface area contributed by atoms with E-state index in [0.29, 0.717) is 6.04 Å². The number of benzene rings is 1. The van der Waals surface area contributed by atoms with Crippen molar-refractivity contribution in [2.45, 2.75) is 32.7 Å². The molecule has 2 heteroatoms. The summed E-state index contributed by atoms with van der Waals surface area (Å²) in [6, 6.07) is 9.11. The van der Waals surface area contributed by atoms with Gasteiger partial charge in [-0.1, -0.05) is 41.1 Å². The van der Waals surface area contributed by atoms with Gasteiger partial charge in [-0.15, -0.1) is 0 Å². The normalized spacial score (nSPS) is 20.9. The van der Waals surface area contributed by atoms with Gasteiger partial charge >= 0.3 is 0 Å². The lowest BCUT2D eigenvalue weighted by molar-refractivity contribution is 0.147. The van der Waals surface area contributed by atoms with E-state index in [4.69, 9.17) is 0 Å². The predicted molar refractivity (Wildman–Crippen MR) is 72.5 cm³/mol. The molecule has 1 saturated heterocycles. The average Bonchev–Trinajstić information content (AvgIpc) is 2.30. The van der Waals surface area contributed by atoms with E-state index in [1.807, 2.05) is 0 Å². The van der Waals surface area contributed by atoms with Crippen LogP contribution in [0.5, 0.6) is 0 Å². The quantitative estimate of drug-likeness (QED) is 0.784. The first-order chi connectivity index (χ1) is 7.68. The van der Waals surface area contributed by atoms with E-state index in [0.717, 1.165) is 5.92 Å². The Morgan fingerprint density at radius 1 is 1.25 bits per heavy atom. The highest BCUT2D eigenvalue weighted by atomic mass is 79.9. The number of piperidine rings is 1. The van der Waals surface area contributed by atoms with Crippen molar-refractivity contribution in [3.05, 3.63) is 34.3 Å². The molecule has 0 bridgehead atoms. The second-order valence-electron chi connectivity index (χ2n) is 4.92. The topological polar surface area (TPSA) is 3.24 Å². The van der Waals surface area contributed by atoms with E-state index in [-0.39, 0.29) is 0 Å². The summed E-state index contributed by atoms with van der Waals surface area (Å²) in [5, 5.41) is 0. The lowest BCUT2D eigenvalue weighted by Crippen LogP contribution is -2.35. The molecule has 1 nitrogen and oxygen atoms in total. The highest BCUT2D eigenvalue weighted by Gasteiger charge is 2.22. The van der Waals surface area contributed by atoms with Crippen molar-refractivity contribution < 1.29 is 0 Å². The Hall–Kier alpha value is -0.340. The second-order valence-corrected chi connectivity index (χ2v) is 5.77. The van der Waals surface area contributed by atoms with Gasteiger partial charge in [0.15, 0.2) is 0 Å². The Kier molecular flexibility index (Phi) is 4.04. The fourth-order valence-electron chi connectivity index (χ4n) is 2.43. The van der Waals surface area contributed by atoms with Gasteiger partial charge in [0.05, 0.1) is 0 Å². The minimum atomic E-state index is 0.531. The van der Waals surface area contributed by atoms with Crippen molar-refractivity contribution in [2.24, 2.45) is 5.92 Å². The molecule has 0 spiro atoms. The maximum absolute atomic E-state index is 3.65. The zero-order valence-corrected chi connectivity index (χ0v) is 11.7. The second kappa shape index (κ2) is 5.33. The van der Waals surface area contributed by atoms with Gasteiger partial charge < -0.3 is 0 Å². The third-order valence-electron chi connectivity index (χ3n) is 3.72. The highest BCUT2D eigenvalue weighted by molar-refractivity contribution is 9.10. The number of likely N-dealkylation sites (tertiary alicyclic amines) is 1. The smallest absolute Gasteiger partial charge is 0.0331 e. The third-order valence-corrected chi connectivity index (χ3v) is 4.44. The number of nitrogens with zero attached hydrogens (tertiary/aromatic N) is 1. The van der Waals surface area contributed by atoms with Crippen LogP contribution < -0.4 is 0 Å². The summed E-state index contributed by atoms with van der Waals surface area (Å²) in [6.07, 6.45) is 2.68. The van der Waals surface area contributed by atoms with Crippen molar-refractivity contribution >= 4 is 15.9 Å². The van der Waals surface area contributed by atoms with Gasteiger partial charge in [-0.25, -0.2) is 0 Å². The molecule has 0 radical (unpaired) electrons. The fourth-order valence-corrected chi connectivity index (χ4v) is 3.04. The molecule has 0 aliphatic carbocycles. The molecular weight excluding hydrogens is 262 g/mol. The van der Waals surface area contributed by atoms with Crippen LogP contribution in [0.15, 0.2) is 28.7 Å². The molecular formula is C14H20BrN. The Labute approximate surface area is 107 Å². The van der Waals surface area contributed by atoms with Crippen molar-refractivity contribution in [2.75, 3.05) is 13.1 Å². The summed E-state index contributed by atoms with van der Waals surface area (Å²) in [7, 11) is 0. The first-order valence-corrected chi connectivity index (χ1v) is 6.96. The molecule has 1 aliphatic heterocycles. The molecule has 1 unspecified atom stereocenters.